The highest BCUT2D eigenvalue weighted by Gasteiger charge is 2.06. The molecule has 0 aliphatic carbocycles. The van der Waals surface area contributed by atoms with Gasteiger partial charge in [-0.2, -0.15) is 0 Å². The zero-order valence-electron chi connectivity index (χ0n) is 9.21. The van der Waals surface area contributed by atoms with Crippen LogP contribution in [0.4, 0.5) is 0 Å². The normalized spacial score (nSPS) is 10.7. The Labute approximate surface area is 100 Å². The lowest BCUT2D eigenvalue weighted by molar-refractivity contribution is 0.101. The Morgan fingerprint density at radius 1 is 1.47 bits per heavy atom. The maximum atomic E-state index is 11.1. The van der Waals surface area contributed by atoms with Crippen molar-refractivity contribution < 1.29 is 4.79 Å². The van der Waals surface area contributed by atoms with Crippen LogP contribution in [-0.4, -0.2) is 11.5 Å². The molecule has 0 unspecified atom stereocenters. The van der Waals surface area contributed by atoms with Crippen LogP contribution in [0.5, 0.6) is 0 Å². The van der Waals surface area contributed by atoms with Crippen molar-refractivity contribution in [2.24, 2.45) is 5.92 Å². The number of hydrogen-bond donors (Lipinski definition) is 0. The van der Waals surface area contributed by atoms with Gasteiger partial charge in [0.05, 0.1) is 5.02 Å². The molecule has 0 saturated heterocycles. The molecule has 0 saturated carbocycles. The van der Waals surface area contributed by atoms with Gasteiger partial charge in [0.15, 0.2) is 5.78 Å². The van der Waals surface area contributed by atoms with E-state index in [9.17, 15) is 4.79 Å². The van der Waals surface area contributed by atoms with E-state index in [1.54, 1.807) is 24.8 Å². The van der Waals surface area contributed by atoms with Gasteiger partial charge in [0.2, 0.25) is 0 Å². The maximum Gasteiger partial charge on any atom is 0.159 e. The summed E-state index contributed by atoms with van der Waals surface area (Å²) in [6, 6.07) is 5.50. The molecular formula is C12H15ClOS. The Kier molecular flexibility index (Phi) is 4.68. The second kappa shape index (κ2) is 5.57. The summed E-state index contributed by atoms with van der Waals surface area (Å²) < 4.78 is 0. The molecule has 82 valence electrons. The number of benzene rings is 1. The number of rotatable bonds is 4. The summed E-state index contributed by atoms with van der Waals surface area (Å²) in [7, 11) is 0. The van der Waals surface area contributed by atoms with Crippen LogP contribution in [0, 0.1) is 5.92 Å². The van der Waals surface area contributed by atoms with Crippen LogP contribution in [-0.2, 0) is 0 Å². The second-order valence-corrected chi connectivity index (χ2v) is 5.38. The first-order valence-corrected chi connectivity index (χ1v) is 6.30. The molecule has 3 heteroatoms. The van der Waals surface area contributed by atoms with Gasteiger partial charge in [0, 0.05) is 16.2 Å². The first kappa shape index (κ1) is 12.6. The third-order valence-corrected chi connectivity index (χ3v) is 3.84. The average molecular weight is 243 g/mol. The standard InChI is InChI=1S/C12H15ClOS/c1-8(2)7-15-12-5-4-10(9(3)14)6-11(12)13/h4-6,8H,7H2,1-3H3. The Morgan fingerprint density at radius 3 is 2.60 bits per heavy atom. The predicted octanol–water partition coefficient (Wildman–Crippen LogP) is 4.29. The van der Waals surface area contributed by atoms with Crippen LogP contribution in [0.15, 0.2) is 23.1 Å². The maximum absolute atomic E-state index is 11.1. The SMILES string of the molecule is CC(=O)c1ccc(SCC(C)C)c(Cl)c1. The molecule has 0 amide bonds. The molecule has 0 bridgehead atoms. The fourth-order valence-corrected chi connectivity index (χ4v) is 2.31. The van der Waals surface area contributed by atoms with Crippen molar-refractivity contribution in [1.82, 2.24) is 0 Å². The van der Waals surface area contributed by atoms with E-state index >= 15 is 0 Å². The van der Waals surface area contributed by atoms with Gasteiger partial charge in [-0.1, -0.05) is 31.5 Å². The fraction of sp³-hybridized carbons (Fsp3) is 0.417. The van der Waals surface area contributed by atoms with E-state index in [1.807, 2.05) is 12.1 Å². The second-order valence-electron chi connectivity index (χ2n) is 3.91. The minimum atomic E-state index is 0.0531. The largest absolute Gasteiger partial charge is 0.295 e. The first-order chi connectivity index (χ1) is 7.00. The lowest BCUT2D eigenvalue weighted by atomic mass is 10.1. The molecule has 1 nitrogen and oxygen atoms in total. The smallest absolute Gasteiger partial charge is 0.159 e. The molecule has 0 heterocycles. The topological polar surface area (TPSA) is 17.1 Å². The summed E-state index contributed by atoms with van der Waals surface area (Å²) in [6.07, 6.45) is 0. The van der Waals surface area contributed by atoms with Gasteiger partial charge in [0.25, 0.3) is 0 Å². The van der Waals surface area contributed by atoms with Crippen LogP contribution >= 0.6 is 23.4 Å². The van der Waals surface area contributed by atoms with Gasteiger partial charge in [-0.25, -0.2) is 0 Å². The molecule has 0 fully saturated rings. The molecule has 1 aromatic carbocycles. The van der Waals surface area contributed by atoms with Gasteiger partial charge in [-0.15, -0.1) is 11.8 Å². The lowest BCUT2D eigenvalue weighted by Crippen LogP contribution is -1.93. The summed E-state index contributed by atoms with van der Waals surface area (Å²) in [5.74, 6) is 1.73. The number of ketones is 1. The molecule has 15 heavy (non-hydrogen) atoms. The fourth-order valence-electron chi connectivity index (χ4n) is 1.09. The van der Waals surface area contributed by atoms with Crippen molar-refractivity contribution in [2.45, 2.75) is 25.7 Å². The van der Waals surface area contributed by atoms with Gasteiger partial charge >= 0.3 is 0 Å². The molecule has 0 N–H and O–H groups in total. The minimum Gasteiger partial charge on any atom is -0.295 e. The monoisotopic (exact) mass is 242 g/mol. The Hall–Kier alpha value is -0.470. The number of carbonyl (C=O) groups excluding carboxylic acids is 1. The van der Waals surface area contributed by atoms with Gasteiger partial charge in [-0.3, -0.25) is 4.79 Å². The molecular weight excluding hydrogens is 228 g/mol. The van der Waals surface area contributed by atoms with Gasteiger partial charge < -0.3 is 0 Å². The van der Waals surface area contributed by atoms with E-state index < -0.39 is 0 Å². The van der Waals surface area contributed by atoms with E-state index in [4.69, 9.17) is 11.6 Å². The average Bonchev–Trinajstić information content (AvgIpc) is 2.15. The zero-order valence-corrected chi connectivity index (χ0v) is 10.8. The molecule has 0 radical (unpaired) electrons. The number of Topliss-reactive ketones (excluding diaryl/α,β-unsaturated/α-hetero) is 1. The summed E-state index contributed by atoms with van der Waals surface area (Å²) in [5, 5.41) is 0.674. The van der Waals surface area contributed by atoms with Crippen LogP contribution in [0.1, 0.15) is 31.1 Å². The molecule has 0 atom stereocenters. The summed E-state index contributed by atoms with van der Waals surface area (Å²) in [6.45, 7) is 5.89. The molecule has 0 spiro atoms. The van der Waals surface area contributed by atoms with Crippen molar-refractivity contribution in [2.75, 3.05) is 5.75 Å². The highest BCUT2D eigenvalue weighted by Crippen LogP contribution is 2.29. The Balaban J connectivity index is 2.79. The van der Waals surface area contributed by atoms with E-state index in [0.29, 0.717) is 16.5 Å². The van der Waals surface area contributed by atoms with Crippen molar-refractivity contribution in [1.29, 1.82) is 0 Å². The molecule has 0 aliphatic rings. The quantitative estimate of drug-likeness (QED) is 0.579. The molecule has 0 aliphatic heterocycles. The summed E-state index contributed by atoms with van der Waals surface area (Å²) in [5.41, 5.74) is 0.675. The van der Waals surface area contributed by atoms with Crippen LogP contribution < -0.4 is 0 Å². The molecule has 0 aromatic heterocycles. The highest BCUT2D eigenvalue weighted by atomic mass is 35.5. The van der Waals surface area contributed by atoms with E-state index in [1.165, 1.54) is 0 Å². The van der Waals surface area contributed by atoms with Crippen molar-refractivity contribution in [3.8, 4) is 0 Å². The number of halogens is 1. The first-order valence-electron chi connectivity index (χ1n) is 4.94. The summed E-state index contributed by atoms with van der Waals surface area (Å²) >= 11 is 7.82. The molecule has 1 rings (SSSR count). The minimum absolute atomic E-state index is 0.0531. The summed E-state index contributed by atoms with van der Waals surface area (Å²) in [4.78, 5) is 12.2. The molecule has 1 aromatic rings. The van der Waals surface area contributed by atoms with Crippen LogP contribution in [0.2, 0.25) is 5.02 Å². The highest BCUT2D eigenvalue weighted by molar-refractivity contribution is 7.99. The number of carbonyl (C=O) groups is 1. The van der Waals surface area contributed by atoms with Crippen molar-refractivity contribution >= 4 is 29.1 Å². The van der Waals surface area contributed by atoms with Gasteiger partial charge in [0.1, 0.15) is 0 Å². The Morgan fingerprint density at radius 2 is 2.13 bits per heavy atom. The van der Waals surface area contributed by atoms with Crippen molar-refractivity contribution in [3.05, 3.63) is 28.8 Å². The zero-order chi connectivity index (χ0) is 11.4. The van der Waals surface area contributed by atoms with Gasteiger partial charge in [-0.05, 0) is 25.0 Å². The van der Waals surface area contributed by atoms with Crippen molar-refractivity contribution in [3.63, 3.8) is 0 Å². The van der Waals surface area contributed by atoms with Crippen LogP contribution in [0.25, 0.3) is 0 Å². The third kappa shape index (κ3) is 3.88. The number of thioether (sulfide) groups is 1. The predicted molar refractivity (Wildman–Crippen MR) is 67.0 cm³/mol. The Bertz CT molecular complexity index is 361. The van der Waals surface area contributed by atoms with E-state index in [-0.39, 0.29) is 5.78 Å². The third-order valence-electron chi connectivity index (χ3n) is 1.91. The van der Waals surface area contributed by atoms with E-state index in [2.05, 4.69) is 13.8 Å². The lowest BCUT2D eigenvalue weighted by Gasteiger charge is -2.07. The van der Waals surface area contributed by atoms with E-state index in [0.717, 1.165) is 10.6 Å². The number of hydrogen-bond acceptors (Lipinski definition) is 2. The van der Waals surface area contributed by atoms with Crippen LogP contribution in [0.3, 0.4) is 0 Å².